The molecule has 0 aliphatic carbocycles. The third-order valence-electron chi connectivity index (χ3n) is 4.88. The standard InChI is InChI=1S/C19H27NO6/c1-11(2)6-17(21)26-16-9-13-8-14(10-15(16)20(13)4)25-18(22)7-12(3)19(23)24-5/h6,13-16H,3,7-10H2,1-2,4-5H3/t13-,14+,15+,16-/m0/s1. The van der Waals surface area contributed by atoms with Crippen LogP contribution in [0.5, 0.6) is 0 Å². The van der Waals surface area contributed by atoms with Crippen LogP contribution in [0.3, 0.4) is 0 Å². The minimum absolute atomic E-state index is 0.0184. The van der Waals surface area contributed by atoms with Crippen molar-refractivity contribution >= 4 is 17.9 Å². The second kappa shape index (κ2) is 8.49. The Morgan fingerprint density at radius 2 is 1.85 bits per heavy atom. The van der Waals surface area contributed by atoms with Crippen LogP contribution in [-0.4, -0.2) is 61.3 Å². The average molecular weight is 365 g/mol. The number of ether oxygens (including phenoxy) is 3. The van der Waals surface area contributed by atoms with Crippen molar-refractivity contribution in [1.29, 1.82) is 0 Å². The van der Waals surface area contributed by atoms with E-state index >= 15 is 0 Å². The van der Waals surface area contributed by atoms with Gasteiger partial charge in [-0.25, -0.2) is 9.59 Å². The molecule has 0 unspecified atom stereocenters. The number of rotatable bonds is 6. The van der Waals surface area contributed by atoms with Gasteiger partial charge >= 0.3 is 17.9 Å². The number of piperidine rings is 1. The quantitative estimate of drug-likeness (QED) is 0.403. The molecule has 0 aromatic rings. The van der Waals surface area contributed by atoms with Crippen LogP contribution in [0.15, 0.2) is 23.8 Å². The molecule has 0 spiro atoms. The van der Waals surface area contributed by atoms with Gasteiger partial charge in [0, 0.05) is 37.0 Å². The summed E-state index contributed by atoms with van der Waals surface area (Å²) in [6, 6.07) is 0.213. The van der Waals surface area contributed by atoms with Crippen LogP contribution >= 0.6 is 0 Å². The van der Waals surface area contributed by atoms with E-state index in [0.29, 0.717) is 12.8 Å². The fourth-order valence-corrected chi connectivity index (χ4v) is 3.63. The summed E-state index contributed by atoms with van der Waals surface area (Å²) in [7, 11) is 3.24. The van der Waals surface area contributed by atoms with E-state index in [4.69, 9.17) is 9.47 Å². The smallest absolute Gasteiger partial charge is 0.333 e. The number of likely N-dealkylation sites (N-methyl/N-ethyl adjacent to an activating group) is 1. The van der Waals surface area contributed by atoms with Gasteiger partial charge in [0.2, 0.25) is 0 Å². The largest absolute Gasteiger partial charge is 0.466 e. The number of allylic oxidation sites excluding steroid dienone is 1. The molecule has 0 aromatic heterocycles. The maximum Gasteiger partial charge on any atom is 0.333 e. The molecule has 2 aliphatic rings. The highest BCUT2D eigenvalue weighted by Crippen LogP contribution is 2.37. The molecule has 2 rings (SSSR count). The van der Waals surface area contributed by atoms with Gasteiger partial charge in [0.15, 0.2) is 0 Å². The Balaban J connectivity index is 1.91. The number of methoxy groups -OCH3 is 1. The molecule has 2 bridgehead atoms. The molecule has 0 aromatic carbocycles. The number of carbonyl (C=O) groups is 3. The second-order valence-corrected chi connectivity index (χ2v) is 7.17. The third-order valence-corrected chi connectivity index (χ3v) is 4.88. The van der Waals surface area contributed by atoms with Crippen LogP contribution in [-0.2, 0) is 28.6 Å². The zero-order valence-corrected chi connectivity index (χ0v) is 15.8. The summed E-state index contributed by atoms with van der Waals surface area (Å²) >= 11 is 0. The number of hydrogen-bond donors (Lipinski definition) is 0. The Bertz CT molecular complexity index is 622. The lowest BCUT2D eigenvalue weighted by Gasteiger charge is -2.36. The van der Waals surface area contributed by atoms with Gasteiger partial charge in [0.1, 0.15) is 12.2 Å². The average Bonchev–Trinajstić information content (AvgIpc) is 2.71. The summed E-state index contributed by atoms with van der Waals surface area (Å²) in [6.07, 6.45) is 2.84. The fourth-order valence-electron chi connectivity index (χ4n) is 3.63. The fraction of sp³-hybridized carbons (Fsp3) is 0.632. The molecule has 0 saturated carbocycles. The molecular weight excluding hydrogens is 338 g/mol. The van der Waals surface area contributed by atoms with Crippen LogP contribution in [0.25, 0.3) is 0 Å². The minimum atomic E-state index is -0.614. The molecule has 2 heterocycles. The highest BCUT2D eigenvalue weighted by Gasteiger charge is 2.47. The highest BCUT2D eigenvalue weighted by atomic mass is 16.6. The Hall–Kier alpha value is -2.15. The second-order valence-electron chi connectivity index (χ2n) is 7.17. The van der Waals surface area contributed by atoms with Crippen molar-refractivity contribution in [1.82, 2.24) is 4.90 Å². The van der Waals surface area contributed by atoms with E-state index in [1.807, 2.05) is 20.9 Å². The van der Waals surface area contributed by atoms with Crippen LogP contribution < -0.4 is 0 Å². The van der Waals surface area contributed by atoms with Crippen molar-refractivity contribution in [3.05, 3.63) is 23.8 Å². The first-order chi connectivity index (χ1) is 12.2. The lowest BCUT2D eigenvalue weighted by Crippen LogP contribution is -2.46. The summed E-state index contributed by atoms with van der Waals surface area (Å²) in [5, 5.41) is 0. The SMILES string of the molecule is C=C(CC(=O)O[C@@H]1C[C@H]2C[C@H](OC(=O)C=C(C)C)[C@@H](C1)N2C)C(=O)OC. The van der Waals surface area contributed by atoms with E-state index in [-0.39, 0.29) is 42.3 Å². The van der Waals surface area contributed by atoms with Crippen LogP contribution in [0.2, 0.25) is 0 Å². The lowest BCUT2D eigenvalue weighted by molar-refractivity contribution is -0.154. The zero-order valence-electron chi connectivity index (χ0n) is 15.8. The number of hydrogen-bond acceptors (Lipinski definition) is 7. The zero-order chi connectivity index (χ0) is 19.4. The van der Waals surface area contributed by atoms with Gasteiger partial charge in [0.05, 0.1) is 19.6 Å². The molecule has 0 amide bonds. The molecule has 0 N–H and O–H groups in total. The molecule has 26 heavy (non-hydrogen) atoms. The Morgan fingerprint density at radius 3 is 2.46 bits per heavy atom. The van der Waals surface area contributed by atoms with Gasteiger partial charge in [-0.3, -0.25) is 9.69 Å². The van der Waals surface area contributed by atoms with E-state index in [9.17, 15) is 14.4 Å². The summed E-state index contributed by atoms with van der Waals surface area (Å²) in [6.45, 7) is 7.23. The van der Waals surface area contributed by atoms with Gasteiger partial charge in [0.25, 0.3) is 0 Å². The summed E-state index contributed by atoms with van der Waals surface area (Å²) in [5.41, 5.74) is 0.962. The summed E-state index contributed by atoms with van der Waals surface area (Å²) in [5.74, 6) is -1.44. The number of esters is 3. The maximum absolute atomic E-state index is 12.0. The van der Waals surface area contributed by atoms with E-state index in [2.05, 4.69) is 16.2 Å². The lowest BCUT2D eigenvalue weighted by atomic mass is 10.00. The number of nitrogens with zero attached hydrogens (tertiary/aromatic N) is 1. The van der Waals surface area contributed by atoms with Crippen LogP contribution in [0.1, 0.15) is 39.5 Å². The summed E-state index contributed by atoms with van der Waals surface area (Å²) in [4.78, 5) is 37.5. The molecule has 2 saturated heterocycles. The molecule has 7 heteroatoms. The molecule has 2 aliphatic heterocycles. The monoisotopic (exact) mass is 365 g/mol. The van der Waals surface area contributed by atoms with Gasteiger partial charge in [-0.1, -0.05) is 12.2 Å². The van der Waals surface area contributed by atoms with Crippen molar-refractivity contribution in [3.8, 4) is 0 Å². The Kier molecular flexibility index (Phi) is 6.58. The Labute approximate surface area is 154 Å². The van der Waals surface area contributed by atoms with Crippen molar-refractivity contribution in [2.75, 3.05) is 14.2 Å². The van der Waals surface area contributed by atoms with Gasteiger partial charge in [-0.05, 0) is 20.9 Å². The van der Waals surface area contributed by atoms with E-state index < -0.39 is 11.9 Å². The minimum Gasteiger partial charge on any atom is -0.466 e. The van der Waals surface area contributed by atoms with Crippen molar-refractivity contribution in [2.45, 2.75) is 63.8 Å². The van der Waals surface area contributed by atoms with Crippen molar-refractivity contribution in [3.63, 3.8) is 0 Å². The normalized spacial score (nSPS) is 27.4. The topological polar surface area (TPSA) is 82.1 Å². The number of carbonyl (C=O) groups excluding carboxylic acids is 3. The number of fused-ring (bicyclic) bond motifs is 2. The van der Waals surface area contributed by atoms with Crippen LogP contribution in [0.4, 0.5) is 0 Å². The van der Waals surface area contributed by atoms with Crippen molar-refractivity contribution < 1.29 is 28.6 Å². The first-order valence-corrected chi connectivity index (χ1v) is 8.74. The van der Waals surface area contributed by atoms with Crippen LogP contribution in [0, 0.1) is 0 Å². The van der Waals surface area contributed by atoms with Gasteiger partial charge in [-0.15, -0.1) is 0 Å². The van der Waals surface area contributed by atoms with Gasteiger partial charge < -0.3 is 14.2 Å². The molecule has 7 nitrogen and oxygen atoms in total. The van der Waals surface area contributed by atoms with Crippen molar-refractivity contribution in [2.24, 2.45) is 0 Å². The first kappa shape index (κ1) is 20.2. The van der Waals surface area contributed by atoms with E-state index in [1.165, 1.54) is 13.2 Å². The molecule has 0 radical (unpaired) electrons. The molecule has 144 valence electrons. The highest BCUT2D eigenvalue weighted by molar-refractivity contribution is 5.93. The predicted octanol–water partition coefficient (Wildman–Crippen LogP) is 1.76. The first-order valence-electron chi connectivity index (χ1n) is 8.74. The molecular formula is C19H27NO6. The predicted molar refractivity (Wildman–Crippen MR) is 94.2 cm³/mol. The molecule has 2 fully saturated rings. The van der Waals surface area contributed by atoms with Gasteiger partial charge in [-0.2, -0.15) is 0 Å². The van der Waals surface area contributed by atoms with E-state index in [1.54, 1.807) is 0 Å². The van der Waals surface area contributed by atoms with E-state index in [0.717, 1.165) is 12.0 Å². The third kappa shape index (κ3) is 4.94. The maximum atomic E-state index is 12.0. The Morgan fingerprint density at radius 1 is 1.15 bits per heavy atom. The summed E-state index contributed by atoms with van der Waals surface area (Å²) < 4.78 is 15.6. The molecule has 4 atom stereocenters.